The molecule has 1 heterocycles. The van der Waals surface area contributed by atoms with Gasteiger partial charge in [-0.15, -0.1) is 0 Å². The number of nitrogens with zero attached hydrogens (tertiary/aromatic N) is 2. The summed E-state index contributed by atoms with van der Waals surface area (Å²) >= 11 is 11.1. The van der Waals surface area contributed by atoms with Gasteiger partial charge in [0, 0.05) is 26.2 Å². The van der Waals surface area contributed by atoms with Gasteiger partial charge in [-0.2, -0.15) is 0 Å². The number of nitrogens with one attached hydrogen (secondary N) is 1. The molecule has 1 fully saturated rings. The molecule has 9 heteroatoms. The van der Waals surface area contributed by atoms with Gasteiger partial charge >= 0.3 is 6.09 Å². The molecule has 0 bridgehead atoms. The van der Waals surface area contributed by atoms with Crippen LogP contribution in [-0.2, 0) is 14.3 Å². The van der Waals surface area contributed by atoms with Crippen LogP contribution in [0.15, 0.2) is 0 Å². The third kappa shape index (κ3) is 6.27. The Morgan fingerprint density at radius 1 is 1.09 bits per heavy atom. The Bertz CT molecular complexity index is 429. The SMILES string of the molecule is CC(C)(C)OC(=O)NCC(=O)N1CCN(C(=O)C(Cl)Cl)CC1. The maximum atomic E-state index is 12.0. The van der Waals surface area contributed by atoms with Crippen molar-refractivity contribution in [2.45, 2.75) is 31.2 Å². The van der Waals surface area contributed by atoms with Gasteiger partial charge in [0.1, 0.15) is 12.1 Å². The first kappa shape index (κ1) is 18.8. The summed E-state index contributed by atoms with van der Waals surface area (Å²) in [6.07, 6.45) is -0.637. The molecule has 0 saturated carbocycles. The zero-order chi connectivity index (χ0) is 16.9. The highest BCUT2D eigenvalue weighted by molar-refractivity contribution is 6.53. The Morgan fingerprint density at radius 2 is 1.59 bits per heavy atom. The number of rotatable bonds is 3. The van der Waals surface area contributed by atoms with Crippen LogP contribution in [0.25, 0.3) is 0 Å². The van der Waals surface area contributed by atoms with Crippen LogP contribution in [0.3, 0.4) is 0 Å². The zero-order valence-corrected chi connectivity index (χ0v) is 14.4. The minimum Gasteiger partial charge on any atom is -0.444 e. The summed E-state index contributed by atoms with van der Waals surface area (Å²) in [7, 11) is 0. The minimum atomic E-state index is -1.09. The summed E-state index contributed by atoms with van der Waals surface area (Å²) in [6, 6.07) is 0. The molecule has 0 atom stereocenters. The quantitative estimate of drug-likeness (QED) is 0.767. The second-order valence-electron chi connectivity index (χ2n) is 5.86. The minimum absolute atomic E-state index is 0.142. The van der Waals surface area contributed by atoms with Crippen LogP contribution < -0.4 is 5.32 Å². The molecule has 1 aliphatic heterocycles. The van der Waals surface area contributed by atoms with E-state index in [4.69, 9.17) is 27.9 Å². The number of amides is 3. The van der Waals surface area contributed by atoms with Gasteiger partial charge in [-0.25, -0.2) is 4.79 Å². The molecule has 0 aromatic rings. The van der Waals surface area contributed by atoms with Crippen LogP contribution in [-0.4, -0.2) is 70.9 Å². The van der Waals surface area contributed by atoms with Crippen LogP contribution in [0.1, 0.15) is 20.8 Å². The molecule has 0 unspecified atom stereocenters. The molecule has 0 radical (unpaired) electrons. The molecule has 0 aliphatic carbocycles. The van der Waals surface area contributed by atoms with Crippen LogP contribution in [0.4, 0.5) is 4.79 Å². The summed E-state index contributed by atoms with van der Waals surface area (Å²) < 4.78 is 5.05. The largest absolute Gasteiger partial charge is 0.444 e. The first-order valence-electron chi connectivity index (χ1n) is 6.91. The van der Waals surface area contributed by atoms with E-state index in [1.54, 1.807) is 25.7 Å². The van der Waals surface area contributed by atoms with Crippen LogP contribution in [0.5, 0.6) is 0 Å². The molecule has 1 N–H and O–H groups in total. The van der Waals surface area contributed by atoms with Crippen LogP contribution in [0, 0.1) is 0 Å². The number of piperazine rings is 1. The monoisotopic (exact) mass is 353 g/mol. The molecule has 1 rings (SSSR count). The number of halogens is 2. The van der Waals surface area contributed by atoms with Gasteiger partial charge in [0.05, 0.1) is 0 Å². The van der Waals surface area contributed by atoms with Crippen molar-refractivity contribution >= 4 is 41.1 Å². The summed E-state index contributed by atoms with van der Waals surface area (Å²) in [5.41, 5.74) is -0.612. The van der Waals surface area contributed by atoms with E-state index in [1.165, 1.54) is 4.90 Å². The predicted octanol–water partition coefficient (Wildman–Crippen LogP) is 0.986. The molecular formula is C13H21Cl2N3O4. The van der Waals surface area contributed by atoms with E-state index in [0.29, 0.717) is 26.2 Å². The summed E-state index contributed by atoms with van der Waals surface area (Å²) in [4.78, 5) is 37.1. The predicted molar refractivity (Wildman–Crippen MR) is 82.9 cm³/mol. The van der Waals surface area contributed by atoms with Gasteiger partial charge in [-0.05, 0) is 20.8 Å². The molecule has 126 valence electrons. The van der Waals surface area contributed by atoms with Crippen molar-refractivity contribution in [3.05, 3.63) is 0 Å². The number of ether oxygens (including phenoxy) is 1. The van der Waals surface area contributed by atoms with Crippen molar-refractivity contribution in [1.82, 2.24) is 15.1 Å². The second kappa shape index (κ2) is 7.87. The van der Waals surface area contributed by atoms with E-state index in [-0.39, 0.29) is 18.4 Å². The Balaban J connectivity index is 2.34. The molecular weight excluding hydrogens is 333 g/mol. The highest BCUT2D eigenvalue weighted by atomic mass is 35.5. The van der Waals surface area contributed by atoms with E-state index >= 15 is 0 Å². The van der Waals surface area contributed by atoms with Crippen LogP contribution in [0.2, 0.25) is 0 Å². The summed E-state index contributed by atoms with van der Waals surface area (Å²) in [5.74, 6) is -0.589. The number of hydrogen-bond acceptors (Lipinski definition) is 4. The second-order valence-corrected chi connectivity index (χ2v) is 6.96. The fraction of sp³-hybridized carbons (Fsp3) is 0.769. The van der Waals surface area contributed by atoms with Gasteiger partial charge in [0.25, 0.3) is 5.91 Å². The van der Waals surface area contributed by atoms with Gasteiger partial charge in [-0.3, -0.25) is 9.59 Å². The first-order valence-corrected chi connectivity index (χ1v) is 7.79. The van der Waals surface area contributed by atoms with Gasteiger partial charge in [-0.1, -0.05) is 23.2 Å². The van der Waals surface area contributed by atoms with Crippen molar-refractivity contribution in [3.8, 4) is 0 Å². The lowest BCUT2D eigenvalue weighted by Crippen LogP contribution is -2.53. The third-order valence-electron chi connectivity index (χ3n) is 2.91. The fourth-order valence-electron chi connectivity index (χ4n) is 1.89. The van der Waals surface area contributed by atoms with Crippen molar-refractivity contribution in [2.24, 2.45) is 0 Å². The Labute approximate surface area is 139 Å². The van der Waals surface area contributed by atoms with E-state index in [9.17, 15) is 14.4 Å². The third-order valence-corrected chi connectivity index (χ3v) is 3.29. The molecule has 0 aromatic carbocycles. The van der Waals surface area contributed by atoms with Gasteiger partial charge in [0.2, 0.25) is 5.91 Å². The molecule has 1 aliphatic rings. The number of alkyl carbamates (subject to hydrolysis) is 1. The Morgan fingerprint density at radius 3 is 2.05 bits per heavy atom. The molecule has 3 amide bonds. The first-order chi connectivity index (χ1) is 10.1. The number of carbonyl (C=O) groups excluding carboxylic acids is 3. The number of carbonyl (C=O) groups is 3. The Kier molecular flexibility index (Phi) is 6.74. The summed E-state index contributed by atoms with van der Waals surface area (Å²) in [6.45, 7) is 6.57. The van der Waals surface area contributed by atoms with E-state index < -0.39 is 16.5 Å². The van der Waals surface area contributed by atoms with Crippen LogP contribution >= 0.6 is 23.2 Å². The van der Waals surface area contributed by atoms with Gasteiger partial charge < -0.3 is 19.9 Å². The van der Waals surface area contributed by atoms with Gasteiger partial charge in [0.15, 0.2) is 4.84 Å². The van der Waals surface area contributed by atoms with Crippen molar-refractivity contribution in [2.75, 3.05) is 32.7 Å². The van der Waals surface area contributed by atoms with E-state index in [0.717, 1.165) is 0 Å². The summed E-state index contributed by atoms with van der Waals surface area (Å²) in [5, 5.41) is 2.41. The molecule has 0 spiro atoms. The standard InChI is InChI=1S/C13H21Cl2N3O4/c1-13(2,3)22-12(21)16-8-9(19)17-4-6-18(7-5-17)11(20)10(14)15/h10H,4-8H2,1-3H3,(H,16,21). The van der Waals surface area contributed by atoms with Crippen molar-refractivity contribution in [1.29, 1.82) is 0 Å². The fourth-order valence-corrected chi connectivity index (χ4v) is 2.16. The van der Waals surface area contributed by atoms with Crippen molar-refractivity contribution in [3.63, 3.8) is 0 Å². The average molecular weight is 354 g/mol. The maximum absolute atomic E-state index is 12.0. The average Bonchev–Trinajstić information content (AvgIpc) is 2.42. The van der Waals surface area contributed by atoms with Crippen molar-refractivity contribution < 1.29 is 19.1 Å². The molecule has 7 nitrogen and oxygen atoms in total. The lowest BCUT2D eigenvalue weighted by molar-refractivity contribution is -0.138. The molecule has 0 aromatic heterocycles. The molecule has 22 heavy (non-hydrogen) atoms. The number of alkyl halides is 2. The van der Waals surface area contributed by atoms with E-state index in [2.05, 4.69) is 5.32 Å². The lowest BCUT2D eigenvalue weighted by Gasteiger charge is -2.35. The zero-order valence-electron chi connectivity index (χ0n) is 12.9. The normalized spacial score (nSPS) is 15.7. The Hall–Kier alpha value is -1.21. The lowest BCUT2D eigenvalue weighted by atomic mass is 10.2. The number of hydrogen-bond donors (Lipinski definition) is 1. The van der Waals surface area contributed by atoms with E-state index in [1.807, 2.05) is 0 Å². The highest BCUT2D eigenvalue weighted by Gasteiger charge is 2.27. The smallest absolute Gasteiger partial charge is 0.408 e. The topological polar surface area (TPSA) is 79.0 Å². The highest BCUT2D eigenvalue weighted by Crippen LogP contribution is 2.10. The molecule has 1 saturated heterocycles. The maximum Gasteiger partial charge on any atom is 0.408 e.